The molecule has 1 N–H and O–H groups in total. The first-order valence-corrected chi connectivity index (χ1v) is 7.39. The summed E-state index contributed by atoms with van der Waals surface area (Å²) in [4.78, 5) is 6.76. The summed E-state index contributed by atoms with van der Waals surface area (Å²) in [5.74, 6) is 0. The van der Waals surface area contributed by atoms with Gasteiger partial charge in [0.25, 0.3) is 0 Å². The van der Waals surface area contributed by atoms with Crippen molar-refractivity contribution in [2.45, 2.75) is 33.4 Å². The monoisotopic (exact) mass is 286 g/mol. The molecule has 21 heavy (non-hydrogen) atoms. The molecule has 0 aromatic carbocycles. The first kappa shape index (κ1) is 14.2. The molecule has 2 aromatic rings. The molecule has 0 radical (unpaired) electrons. The molecule has 1 atom stereocenters. The van der Waals surface area contributed by atoms with Gasteiger partial charge in [0.2, 0.25) is 0 Å². The Morgan fingerprint density at radius 2 is 2.19 bits per heavy atom. The largest absolute Gasteiger partial charge is 0.378 e. The number of nitrogens with zero attached hydrogens (tertiary/aromatic N) is 3. The number of rotatable bonds is 3. The molecule has 0 aliphatic carbocycles. The van der Waals surface area contributed by atoms with E-state index in [1.165, 1.54) is 16.7 Å². The zero-order valence-corrected chi connectivity index (χ0v) is 12.9. The average molecular weight is 286 g/mol. The van der Waals surface area contributed by atoms with Crippen LogP contribution in [0.25, 0.3) is 0 Å². The summed E-state index contributed by atoms with van der Waals surface area (Å²) in [6.45, 7) is 9.55. The molecule has 3 heterocycles. The van der Waals surface area contributed by atoms with Crippen LogP contribution in [0.2, 0.25) is 0 Å². The highest BCUT2D eigenvalue weighted by molar-refractivity contribution is 5.28. The number of pyridine rings is 1. The summed E-state index contributed by atoms with van der Waals surface area (Å²) >= 11 is 0. The van der Waals surface area contributed by atoms with E-state index in [4.69, 9.17) is 4.74 Å². The van der Waals surface area contributed by atoms with E-state index in [0.717, 1.165) is 37.7 Å². The average Bonchev–Trinajstić information content (AvgIpc) is 2.79. The van der Waals surface area contributed by atoms with Crippen molar-refractivity contribution in [1.29, 1.82) is 0 Å². The van der Waals surface area contributed by atoms with Crippen LogP contribution < -0.4 is 0 Å². The van der Waals surface area contributed by atoms with Gasteiger partial charge in [-0.2, -0.15) is 5.10 Å². The minimum atomic E-state index is 0.262. The molecule has 2 aromatic heterocycles. The normalized spacial score (nSPS) is 19.9. The zero-order chi connectivity index (χ0) is 14.8. The Morgan fingerprint density at radius 3 is 2.90 bits per heavy atom. The minimum Gasteiger partial charge on any atom is -0.378 e. The second kappa shape index (κ2) is 5.95. The van der Waals surface area contributed by atoms with Crippen LogP contribution >= 0.6 is 0 Å². The van der Waals surface area contributed by atoms with Gasteiger partial charge in [-0.3, -0.25) is 15.0 Å². The lowest BCUT2D eigenvalue weighted by atomic mass is 10.0. The molecule has 5 nitrogen and oxygen atoms in total. The van der Waals surface area contributed by atoms with Gasteiger partial charge in [0, 0.05) is 36.7 Å². The van der Waals surface area contributed by atoms with E-state index in [0.29, 0.717) is 0 Å². The molecule has 0 spiro atoms. The first-order chi connectivity index (χ1) is 10.1. The first-order valence-electron chi connectivity index (χ1n) is 7.39. The Morgan fingerprint density at radius 1 is 1.33 bits per heavy atom. The van der Waals surface area contributed by atoms with Crippen LogP contribution in [0.3, 0.4) is 0 Å². The van der Waals surface area contributed by atoms with Crippen molar-refractivity contribution in [2.75, 3.05) is 19.8 Å². The van der Waals surface area contributed by atoms with Gasteiger partial charge < -0.3 is 4.74 Å². The number of aromatic amines is 1. The van der Waals surface area contributed by atoms with E-state index in [9.17, 15) is 0 Å². The van der Waals surface area contributed by atoms with Crippen LogP contribution in [-0.2, 0) is 11.3 Å². The Balaban J connectivity index is 1.85. The predicted molar refractivity (Wildman–Crippen MR) is 81.0 cm³/mol. The molecular formula is C16H22N4O. The molecule has 1 fully saturated rings. The third kappa shape index (κ3) is 2.99. The van der Waals surface area contributed by atoms with Gasteiger partial charge >= 0.3 is 0 Å². The lowest BCUT2D eigenvalue weighted by Crippen LogP contribution is -2.39. The van der Waals surface area contributed by atoms with Crippen molar-refractivity contribution >= 4 is 0 Å². The molecular weight excluding hydrogens is 264 g/mol. The Labute approximate surface area is 125 Å². The smallest absolute Gasteiger partial charge is 0.0665 e. The van der Waals surface area contributed by atoms with E-state index in [1.54, 1.807) is 0 Å². The van der Waals surface area contributed by atoms with E-state index >= 15 is 0 Å². The van der Waals surface area contributed by atoms with Gasteiger partial charge in [-0.05, 0) is 31.9 Å². The van der Waals surface area contributed by atoms with Gasteiger partial charge in [0.05, 0.1) is 24.9 Å². The highest BCUT2D eigenvalue weighted by atomic mass is 16.5. The summed E-state index contributed by atoms with van der Waals surface area (Å²) in [6.07, 6.45) is 3.85. The Kier molecular flexibility index (Phi) is 4.03. The number of nitrogens with one attached hydrogen (secondary N) is 1. The summed E-state index contributed by atoms with van der Waals surface area (Å²) < 4.78 is 5.71. The van der Waals surface area contributed by atoms with Crippen LogP contribution in [0, 0.1) is 20.8 Å². The lowest BCUT2D eigenvalue weighted by molar-refractivity contribution is -0.0132. The minimum absolute atomic E-state index is 0.262. The third-order valence-corrected chi connectivity index (χ3v) is 4.07. The quantitative estimate of drug-likeness (QED) is 0.940. The molecule has 0 unspecified atom stereocenters. The fraction of sp³-hybridized carbons (Fsp3) is 0.500. The van der Waals surface area contributed by atoms with E-state index in [1.807, 2.05) is 12.4 Å². The van der Waals surface area contributed by atoms with Gasteiger partial charge in [-0.25, -0.2) is 0 Å². The maximum Gasteiger partial charge on any atom is 0.0665 e. The van der Waals surface area contributed by atoms with Crippen molar-refractivity contribution < 1.29 is 4.74 Å². The summed E-state index contributed by atoms with van der Waals surface area (Å²) in [7, 11) is 0. The van der Waals surface area contributed by atoms with Crippen LogP contribution in [-0.4, -0.2) is 39.8 Å². The molecule has 1 aliphatic rings. The van der Waals surface area contributed by atoms with Crippen LogP contribution in [0.15, 0.2) is 18.5 Å². The lowest BCUT2D eigenvalue weighted by Gasteiger charge is -2.36. The standard InChI is InChI=1S/C16H22N4O/c1-11-6-14(8-17-7-11)9-20-4-5-21-10-15(20)16-12(2)18-19-13(16)3/h6-8,15H,4-5,9-10H2,1-3H3,(H,18,19)/t15-/m0/s1. The Hall–Kier alpha value is -1.72. The number of morpholine rings is 1. The number of ether oxygens (including phenoxy) is 1. The molecule has 112 valence electrons. The fourth-order valence-corrected chi connectivity index (χ4v) is 3.08. The van der Waals surface area contributed by atoms with Gasteiger partial charge in [0.1, 0.15) is 0 Å². The second-order valence-electron chi connectivity index (χ2n) is 5.78. The molecule has 5 heteroatoms. The topological polar surface area (TPSA) is 54.0 Å². The number of aromatic nitrogens is 3. The molecule has 1 saturated heterocycles. The van der Waals surface area contributed by atoms with E-state index in [-0.39, 0.29) is 6.04 Å². The highest BCUT2D eigenvalue weighted by Gasteiger charge is 2.28. The van der Waals surface area contributed by atoms with Gasteiger partial charge in [-0.15, -0.1) is 0 Å². The molecule has 0 bridgehead atoms. The van der Waals surface area contributed by atoms with Gasteiger partial charge in [-0.1, -0.05) is 6.07 Å². The van der Waals surface area contributed by atoms with Crippen molar-refractivity contribution in [3.05, 3.63) is 46.5 Å². The molecule has 3 rings (SSSR count). The van der Waals surface area contributed by atoms with Crippen molar-refractivity contribution in [3.63, 3.8) is 0 Å². The maximum atomic E-state index is 5.71. The number of hydrogen-bond acceptors (Lipinski definition) is 4. The fourth-order valence-electron chi connectivity index (χ4n) is 3.08. The predicted octanol–water partition coefficient (Wildman–Crippen LogP) is 2.30. The SMILES string of the molecule is Cc1cncc(CN2CCOC[C@H]2c2c(C)n[nH]c2C)c1. The molecule has 0 saturated carbocycles. The van der Waals surface area contributed by atoms with Crippen LogP contribution in [0.5, 0.6) is 0 Å². The summed E-state index contributed by atoms with van der Waals surface area (Å²) in [5.41, 5.74) is 5.93. The third-order valence-electron chi connectivity index (χ3n) is 4.07. The maximum absolute atomic E-state index is 5.71. The zero-order valence-electron chi connectivity index (χ0n) is 12.9. The number of aryl methyl sites for hydroxylation is 3. The number of hydrogen-bond donors (Lipinski definition) is 1. The highest BCUT2D eigenvalue weighted by Crippen LogP contribution is 2.29. The number of H-pyrrole nitrogens is 1. The van der Waals surface area contributed by atoms with E-state index in [2.05, 4.69) is 46.9 Å². The van der Waals surface area contributed by atoms with Crippen molar-refractivity contribution in [1.82, 2.24) is 20.1 Å². The molecule has 0 amide bonds. The van der Waals surface area contributed by atoms with Crippen molar-refractivity contribution in [3.8, 4) is 0 Å². The summed E-state index contributed by atoms with van der Waals surface area (Å²) in [5, 5.41) is 7.41. The van der Waals surface area contributed by atoms with Crippen molar-refractivity contribution in [2.24, 2.45) is 0 Å². The Bertz CT molecular complexity index is 603. The summed E-state index contributed by atoms with van der Waals surface area (Å²) in [6, 6.07) is 2.47. The van der Waals surface area contributed by atoms with Gasteiger partial charge in [0.15, 0.2) is 0 Å². The van der Waals surface area contributed by atoms with Crippen LogP contribution in [0.4, 0.5) is 0 Å². The molecule has 1 aliphatic heterocycles. The second-order valence-corrected chi connectivity index (χ2v) is 5.78. The van der Waals surface area contributed by atoms with E-state index < -0.39 is 0 Å². The van der Waals surface area contributed by atoms with Crippen LogP contribution in [0.1, 0.15) is 34.1 Å².